The van der Waals surface area contributed by atoms with Gasteiger partial charge in [0.25, 0.3) is 5.91 Å². The van der Waals surface area contributed by atoms with E-state index in [2.05, 4.69) is 26.6 Å². The summed E-state index contributed by atoms with van der Waals surface area (Å²) >= 11 is 3.34. The van der Waals surface area contributed by atoms with Crippen molar-refractivity contribution in [2.75, 3.05) is 11.9 Å². The number of rotatable bonds is 3. The molecule has 0 saturated carbocycles. The molecule has 0 radical (unpaired) electrons. The maximum atomic E-state index is 13.0. The lowest BCUT2D eigenvalue weighted by Crippen LogP contribution is -2.42. The van der Waals surface area contributed by atoms with Gasteiger partial charge in [-0.2, -0.15) is 0 Å². The van der Waals surface area contributed by atoms with Crippen molar-refractivity contribution in [3.8, 4) is 0 Å². The number of nitrogens with zero attached hydrogens (tertiary/aromatic N) is 1. The van der Waals surface area contributed by atoms with E-state index >= 15 is 0 Å². The maximum absolute atomic E-state index is 13.0. The third-order valence-corrected chi connectivity index (χ3v) is 5.33. The molecule has 2 aromatic rings. The first-order chi connectivity index (χ1) is 12.5. The molecule has 4 amide bonds. The number of amides is 4. The van der Waals surface area contributed by atoms with Crippen LogP contribution in [0, 0.1) is 0 Å². The smallest absolute Gasteiger partial charge is 0.324 e. The minimum atomic E-state index is -1.04. The Morgan fingerprint density at radius 1 is 1.19 bits per heavy atom. The fourth-order valence-corrected chi connectivity index (χ4v) is 4.04. The Morgan fingerprint density at radius 2 is 2.00 bits per heavy atom. The second-order valence-electron chi connectivity index (χ2n) is 6.44. The summed E-state index contributed by atoms with van der Waals surface area (Å²) in [5.74, 6) is -0.785. The zero-order chi connectivity index (χ0) is 18.3. The van der Waals surface area contributed by atoms with E-state index in [9.17, 15) is 14.4 Å². The van der Waals surface area contributed by atoms with E-state index in [1.807, 2.05) is 30.3 Å². The topological polar surface area (TPSA) is 78.5 Å². The van der Waals surface area contributed by atoms with Crippen molar-refractivity contribution in [2.45, 2.75) is 18.4 Å². The third kappa shape index (κ3) is 2.68. The Morgan fingerprint density at radius 3 is 2.81 bits per heavy atom. The van der Waals surface area contributed by atoms with Crippen molar-refractivity contribution in [3.63, 3.8) is 0 Å². The molecule has 6 nitrogen and oxygen atoms in total. The number of fused-ring (bicyclic) bond motifs is 2. The van der Waals surface area contributed by atoms with Crippen molar-refractivity contribution in [3.05, 3.63) is 64.1 Å². The van der Waals surface area contributed by atoms with Gasteiger partial charge in [-0.15, -0.1) is 0 Å². The molecule has 26 heavy (non-hydrogen) atoms. The number of benzene rings is 2. The normalized spacial score (nSPS) is 21.0. The third-order valence-electron chi connectivity index (χ3n) is 4.83. The molecule has 1 saturated heterocycles. The van der Waals surface area contributed by atoms with Crippen LogP contribution in [0.25, 0.3) is 0 Å². The molecule has 4 rings (SSSR count). The van der Waals surface area contributed by atoms with Crippen LogP contribution in [0.15, 0.2) is 53.0 Å². The number of urea groups is 1. The molecule has 0 bridgehead atoms. The second-order valence-corrected chi connectivity index (χ2v) is 7.36. The van der Waals surface area contributed by atoms with E-state index in [1.165, 1.54) is 0 Å². The average molecular weight is 414 g/mol. The summed E-state index contributed by atoms with van der Waals surface area (Å²) in [7, 11) is 0. The van der Waals surface area contributed by atoms with E-state index in [4.69, 9.17) is 0 Å². The lowest BCUT2D eigenvalue weighted by Gasteiger charge is -2.22. The molecule has 1 atom stereocenters. The van der Waals surface area contributed by atoms with Crippen LogP contribution in [0.5, 0.6) is 0 Å². The standard InChI is InChI=1S/C19H16BrN3O3/c20-13-5-3-6-14(10-13)21-16(24)11-23-17(25)19(22-18(23)26)9-8-12-4-1-2-7-15(12)19/h1-7,10H,8-9,11H2,(H,21,24)(H,22,26)/t19-/m0/s1. The van der Waals surface area contributed by atoms with Crippen LogP contribution < -0.4 is 10.6 Å². The first-order valence-corrected chi connectivity index (χ1v) is 9.07. The monoisotopic (exact) mass is 413 g/mol. The first kappa shape index (κ1) is 16.8. The predicted molar refractivity (Wildman–Crippen MR) is 99.5 cm³/mol. The van der Waals surface area contributed by atoms with Crippen LogP contribution in [0.2, 0.25) is 0 Å². The molecule has 1 heterocycles. The van der Waals surface area contributed by atoms with Crippen LogP contribution in [0.1, 0.15) is 17.5 Å². The average Bonchev–Trinajstić information content (AvgIpc) is 3.09. The highest BCUT2D eigenvalue weighted by molar-refractivity contribution is 9.10. The van der Waals surface area contributed by atoms with Gasteiger partial charge in [-0.3, -0.25) is 14.5 Å². The summed E-state index contributed by atoms with van der Waals surface area (Å²) in [5, 5.41) is 5.52. The molecular formula is C19H16BrN3O3. The zero-order valence-corrected chi connectivity index (χ0v) is 15.4. The van der Waals surface area contributed by atoms with Crippen molar-refractivity contribution in [1.29, 1.82) is 0 Å². The molecule has 1 spiro atoms. The van der Waals surface area contributed by atoms with E-state index in [-0.39, 0.29) is 12.5 Å². The fraction of sp³-hybridized carbons (Fsp3) is 0.211. The van der Waals surface area contributed by atoms with Gasteiger partial charge in [0, 0.05) is 10.2 Å². The van der Waals surface area contributed by atoms with E-state index < -0.39 is 17.5 Å². The predicted octanol–water partition coefficient (Wildman–Crippen LogP) is 2.78. The Bertz CT molecular complexity index is 930. The summed E-state index contributed by atoms with van der Waals surface area (Å²) in [6.07, 6.45) is 1.24. The van der Waals surface area contributed by atoms with Gasteiger partial charge in [0.2, 0.25) is 5.91 Å². The quantitative estimate of drug-likeness (QED) is 0.759. The van der Waals surface area contributed by atoms with Crippen molar-refractivity contribution in [1.82, 2.24) is 10.2 Å². The van der Waals surface area contributed by atoms with Crippen molar-refractivity contribution >= 4 is 39.5 Å². The number of anilines is 1. The number of imide groups is 1. The molecule has 0 unspecified atom stereocenters. The van der Waals surface area contributed by atoms with E-state index in [1.54, 1.807) is 18.2 Å². The lowest BCUT2D eigenvalue weighted by atomic mass is 9.92. The number of halogens is 1. The van der Waals surface area contributed by atoms with Crippen LogP contribution in [-0.2, 0) is 21.5 Å². The van der Waals surface area contributed by atoms with Gasteiger partial charge in [-0.05, 0) is 42.2 Å². The highest BCUT2D eigenvalue weighted by Crippen LogP contribution is 2.41. The van der Waals surface area contributed by atoms with Crippen LogP contribution in [-0.4, -0.2) is 29.3 Å². The van der Waals surface area contributed by atoms with Gasteiger partial charge in [0.05, 0.1) is 0 Å². The Kier molecular flexibility index (Phi) is 4.03. The maximum Gasteiger partial charge on any atom is 0.325 e. The van der Waals surface area contributed by atoms with Gasteiger partial charge in [0.1, 0.15) is 12.1 Å². The largest absolute Gasteiger partial charge is 0.325 e. The summed E-state index contributed by atoms with van der Waals surface area (Å²) < 4.78 is 0.826. The lowest BCUT2D eigenvalue weighted by molar-refractivity contribution is -0.134. The number of hydrogen-bond donors (Lipinski definition) is 2. The Hall–Kier alpha value is -2.67. The summed E-state index contributed by atoms with van der Waals surface area (Å²) in [6.45, 7) is -0.318. The van der Waals surface area contributed by atoms with Gasteiger partial charge in [0.15, 0.2) is 0 Å². The number of nitrogens with one attached hydrogen (secondary N) is 2. The van der Waals surface area contributed by atoms with Gasteiger partial charge in [-0.1, -0.05) is 46.3 Å². The van der Waals surface area contributed by atoms with Gasteiger partial charge in [-0.25, -0.2) is 4.79 Å². The van der Waals surface area contributed by atoms with E-state index in [0.717, 1.165) is 26.9 Å². The molecule has 132 valence electrons. The van der Waals surface area contributed by atoms with Crippen molar-refractivity contribution < 1.29 is 14.4 Å². The molecule has 2 N–H and O–H groups in total. The van der Waals surface area contributed by atoms with Gasteiger partial charge >= 0.3 is 6.03 Å². The summed E-state index contributed by atoms with van der Waals surface area (Å²) in [4.78, 5) is 38.7. The second kappa shape index (κ2) is 6.25. The fourth-order valence-electron chi connectivity index (χ4n) is 3.64. The molecular weight excluding hydrogens is 398 g/mol. The number of aryl methyl sites for hydroxylation is 1. The molecule has 1 fully saturated rings. The van der Waals surface area contributed by atoms with Gasteiger partial charge < -0.3 is 10.6 Å². The summed E-state index contributed by atoms with van der Waals surface area (Å²) in [6, 6.07) is 14.2. The zero-order valence-electron chi connectivity index (χ0n) is 13.8. The summed E-state index contributed by atoms with van der Waals surface area (Å²) in [5.41, 5.74) is 1.44. The Labute approximate surface area is 158 Å². The number of carbonyl (C=O) groups is 3. The van der Waals surface area contributed by atoms with Crippen molar-refractivity contribution in [2.24, 2.45) is 0 Å². The highest BCUT2D eigenvalue weighted by Gasteiger charge is 2.55. The van der Waals surface area contributed by atoms with E-state index in [0.29, 0.717) is 12.1 Å². The molecule has 2 aliphatic rings. The Balaban J connectivity index is 1.53. The molecule has 0 aromatic heterocycles. The highest BCUT2D eigenvalue weighted by atomic mass is 79.9. The first-order valence-electron chi connectivity index (χ1n) is 8.27. The van der Waals surface area contributed by atoms with Crippen LogP contribution in [0.3, 0.4) is 0 Å². The minimum Gasteiger partial charge on any atom is -0.324 e. The van der Waals surface area contributed by atoms with Crippen LogP contribution >= 0.6 is 15.9 Å². The minimum absolute atomic E-state index is 0.318. The molecule has 1 aliphatic carbocycles. The van der Waals surface area contributed by atoms with Crippen LogP contribution in [0.4, 0.5) is 10.5 Å². The number of hydrogen-bond acceptors (Lipinski definition) is 3. The molecule has 1 aliphatic heterocycles. The number of carbonyl (C=O) groups excluding carboxylic acids is 3. The molecule has 7 heteroatoms. The SMILES string of the molecule is O=C(CN1C(=O)N[C@]2(CCc3ccccc32)C1=O)Nc1cccc(Br)c1. The molecule has 2 aromatic carbocycles.